The van der Waals surface area contributed by atoms with E-state index in [0.717, 1.165) is 16.7 Å². The van der Waals surface area contributed by atoms with Crippen molar-refractivity contribution >= 4 is 28.4 Å². The molecule has 0 fully saturated rings. The standard InChI is InChI=1S/C21H16ClNO2/c1-14-9-11-15(12-10-14)18-7-2-3-8-19(18)21(25)23-17-6-4-5-16(13-17)20(22)24/h2-13H,1H3,(H,23,25). The molecule has 0 heterocycles. The van der Waals surface area contributed by atoms with Gasteiger partial charge in [-0.05, 0) is 53.9 Å². The van der Waals surface area contributed by atoms with Crippen molar-refractivity contribution in [3.8, 4) is 11.1 Å². The molecular formula is C21H16ClNO2. The molecule has 0 aliphatic carbocycles. The molecule has 0 aliphatic rings. The molecule has 0 aliphatic heterocycles. The minimum Gasteiger partial charge on any atom is -0.322 e. The Bertz CT molecular complexity index is 933. The van der Waals surface area contributed by atoms with Crippen LogP contribution in [0.15, 0.2) is 72.8 Å². The summed E-state index contributed by atoms with van der Waals surface area (Å²) < 4.78 is 0. The van der Waals surface area contributed by atoms with Crippen LogP contribution in [-0.4, -0.2) is 11.1 Å². The van der Waals surface area contributed by atoms with Gasteiger partial charge in [-0.2, -0.15) is 0 Å². The van der Waals surface area contributed by atoms with E-state index < -0.39 is 5.24 Å². The summed E-state index contributed by atoms with van der Waals surface area (Å²) in [7, 11) is 0. The third kappa shape index (κ3) is 3.95. The highest BCUT2D eigenvalue weighted by Gasteiger charge is 2.13. The molecule has 0 spiro atoms. The summed E-state index contributed by atoms with van der Waals surface area (Å²) in [6, 6.07) is 22.0. The van der Waals surface area contributed by atoms with Gasteiger partial charge in [0, 0.05) is 16.8 Å². The summed E-state index contributed by atoms with van der Waals surface area (Å²) in [5.74, 6) is -0.240. The number of carbonyl (C=O) groups excluding carboxylic acids is 2. The van der Waals surface area contributed by atoms with E-state index in [4.69, 9.17) is 11.6 Å². The first-order valence-electron chi connectivity index (χ1n) is 7.82. The molecule has 3 aromatic carbocycles. The highest BCUT2D eigenvalue weighted by atomic mass is 35.5. The lowest BCUT2D eigenvalue weighted by atomic mass is 9.98. The summed E-state index contributed by atoms with van der Waals surface area (Å²) in [5, 5.41) is 2.27. The number of benzene rings is 3. The molecule has 0 radical (unpaired) electrons. The average molecular weight is 350 g/mol. The van der Waals surface area contributed by atoms with Crippen molar-refractivity contribution in [1.82, 2.24) is 0 Å². The van der Waals surface area contributed by atoms with Crippen LogP contribution in [0.5, 0.6) is 0 Å². The number of halogens is 1. The maximum atomic E-state index is 12.7. The fraction of sp³-hybridized carbons (Fsp3) is 0.0476. The van der Waals surface area contributed by atoms with E-state index in [1.54, 1.807) is 30.3 Å². The van der Waals surface area contributed by atoms with Gasteiger partial charge in [0.1, 0.15) is 0 Å². The van der Waals surface area contributed by atoms with Gasteiger partial charge >= 0.3 is 0 Å². The van der Waals surface area contributed by atoms with Crippen molar-refractivity contribution in [3.05, 3.63) is 89.5 Å². The molecule has 0 unspecified atom stereocenters. The topological polar surface area (TPSA) is 46.2 Å². The summed E-state index contributed by atoms with van der Waals surface area (Å²) in [5.41, 5.74) is 4.41. The zero-order chi connectivity index (χ0) is 17.8. The van der Waals surface area contributed by atoms with E-state index in [1.165, 1.54) is 0 Å². The van der Waals surface area contributed by atoms with Gasteiger partial charge in [-0.1, -0.05) is 54.1 Å². The summed E-state index contributed by atoms with van der Waals surface area (Å²) in [6.45, 7) is 2.02. The number of amides is 1. The van der Waals surface area contributed by atoms with Crippen LogP contribution in [0.3, 0.4) is 0 Å². The van der Waals surface area contributed by atoms with Crippen molar-refractivity contribution < 1.29 is 9.59 Å². The van der Waals surface area contributed by atoms with Gasteiger partial charge in [0.2, 0.25) is 0 Å². The number of aryl methyl sites for hydroxylation is 1. The lowest BCUT2D eigenvalue weighted by molar-refractivity contribution is 0.102. The molecule has 1 amide bonds. The first kappa shape index (κ1) is 16.9. The van der Waals surface area contributed by atoms with Gasteiger partial charge in [0.15, 0.2) is 0 Å². The molecule has 0 saturated carbocycles. The Morgan fingerprint density at radius 3 is 2.32 bits per heavy atom. The minimum absolute atomic E-state index is 0.240. The van der Waals surface area contributed by atoms with E-state index in [2.05, 4.69) is 5.32 Å². The zero-order valence-corrected chi connectivity index (χ0v) is 14.4. The lowest BCUT2D eigenvalue weighted by Gasteiger charge is -2.11. The van der Waals surface area contributed by atoms with Crippen molar-refractivity contribution in [2.24, 2.45) is 0 Å². The molecule has 0 aromatic heterocycles. The predicted octanol–water partition coefficient (Wildman–Crippen LogP) is 5.29. The van der Waals surface area contributed by atoms with Crippen LogP contribution in [0.1, 0.15) is 26.3 Å². The Morgan fingerprint density at radius 1 is 0.880 bits per heavy atom. The van der Waals surface area contributed by atoms with Crippen LogP contribution >= 0.6 is 11.6 Å². The van der Waals surface area contributed by atoms with Gasteiger partial charge < -0.3 is 5.32 Å². The Labute approximate surface area is 151 Å². The van der Waals surface area contributed by atoms with Crippen LogP contribution in [0.2, 0.25) is 0 Å². The minimum atomic E-state index is -0.559. The van der Waals surface area contributed by atoms with Crippen LogP contribution < -0.4 is 5.32 Å². The summed E-state index contributed by atoms with van der Waals surface area (Å²) in [6.07, 6.45) is 0. The first-order chi connectivity index (χ1) is 12.0. The molecule has 0 bridgehead atoms. The Kier molecular flexibility index (Phi) is 4.96. The van der Waals surface area contributed by atoms with Gasteiger partial charge in [-0.3, -0.25) is 9.59 Å². The van der Waals surface area contributed by atoms with Crippen molar-refractivity contribution in [2.45, 2.75) is 6.92 Å². The first-order valence-corrected chi connectivity index (χ1v) is 8.20. The van der Waals surface area contributed by atoms with Gasteiger partial charge in [-0.25, -0.2) is 0 Å². The Hall–Kier alpha value is -2.91. The largest absolute Gasteiger partial charge is 0.322 e. The monoisotopic (exact) mass is 349 g/mol. The summed E-state index contributed by atoms with van der Waals surface area (Å²) >= 11 is 5.50. The second-order valence-corrected chi connectivity index (χ2v) is 6.06. The maximum Gasteiger partial charge on any atom is 0.256 e. The van der Waals surface area contributed by atoms with Gasteiger partial charge in [0.05, 0.1) is 0 Å². The number of rotatable bonds is 4. The molecule has 3 rings (SSSR count). The van der Waals surface area contributed by atoms with E-state index in [0.29, 0.717) is 16.8 Å². The Balaban J connectivity index is 1.92. The molecule has 4 heteroatoms. The quantitative estimate of drug-likeness (QED) is 0.650. The van der Waals surface area contributed by atoms with E-state index in [-0.39, 0.29) is 5.91 Å². The molecular weight excluding hydrogens is 334 g/mol. The molecule has 124 valence electrons. The number of nitrogens with one attached hydrogen (secondary N) is 1. The number of carbonyl (C=O) groups is 2. The van der Waals surface area contributed by atoms with Crippen LogP contribution in [0.25, 0.3) is 11.1 Å². The predicted molar refractivity (Wildman–Crippen MR) is 101 cm³/mol. The highest BCUT2D eigenvalue weighted by molar-refractivity contribution is 6.67. The number of anilines is 1. The molecule has 0 atom stereocenters. The fourth-order valence-electron chi connectivity index (χ4n) is 2.58. The van der Waals surface area contributed by atoms with Crippen LogP contribution in [0, 0.1) is 6.92 Å². The second kappa shape index (κ2) is 7.32. The second-order valence-electron chi connectivity index (χ2n) is 5.72. The maximum absolute atomic E-state index is 12.7. The normalized spacial score (nSPS) is 10.3. The fourth-order valence-corrected chi connectivity index (χ4v) is 2.70. The summed E-state index contributed by atoms with van der Waals surface area (Å²) in [4.78, 5) is 24.0. The number of hydrogen-bond donors (Lipinski definition) is 1. The third-order valence-electron chi connectivity index (χ3n) is 3.88. The zero-order valence-electron chi connectivity index (χ0n) is 13.6. The van der Waals surface area contributed by atoms with Crippen LogP contribution in [-0.2, 0) is 0 Å². The smallest absolute Gasteiger partial charge is 0.256 e. The highest BCUT2D eigenvalue weighted by Crippen LogP contribution is 2.25. The number of hydrogen-bond acceptors (Lipinski definition) is 2. The van der Waals surface area contributed by atoms with Gasteiger partial charge in [-0.15, -0.1) is 0 Å². The lowest BCUT2D eigenvalue weighted by Crippen LogP contribution is -2.13. The van der Waals surface area contributed by atoms with Crippen molar-refractivity contribution in [3.63, 3.8) is 0 Å². The molecule has 3 aromatic rings. The Morgan fingerprint density at radius 2 is 1.60 bits per heavy atom. The molecule has 3 nitrogen and oxygen atoms in total. The van der Waals surface area contributed by atoms with Crippen molar-refractivity contribution in [2.75, 3.05) is 5.32 Å². The van der Waals surface area contributed by atoms with E-state index in [9.17, 15) is 9.59 Å². The van der Waals surface area contributed by atoms with E-state index in [1.807, 2.05) is 49.4 Å². The molecule has 25 heavy (non-hydrogen) atoms. The molecule has 1 N–H and O–H groups in total. The van der Waals surface area contributed by atoms with Crippen LogP contribution in [0.4, 0.5) is 5.69 Å². The third-order valence-corrected chi connectivity index (χ3v) is 4.10. The van der Waals surface area contributed by atoms with E-state index >= 15 is 0 Å². The van der Waals surface area contributed by atoms with Crippen molar-refractivity contribution in [1.29, 1.82) is 0 Å². The van der Waals surface area contributed by atoms with Gasteiger partial charge in [0.25, 0.3) is 11.1 Å². The average Bonchev–Trinajstić information content (AvgIpc) is 2.62. The SMILES string of the molecule is Cc1ccc(-c2ccccc2C(=O)Nc2cccc(C(=O)Cl)c2)cc1. The molecule has 0 saturated heterocycles.